The van der Waals surface area contributed by atoms with Crippen LogP contribution in [0.4, 0.5) is 0 Å². The first kappa shape index (κ1) is 25.3. The van der Waals surface area contributed by atoms with E-state index in [2.05, 4.69) is 42.9 Å². The van der Waals surface area contributed by atoms with Gasteiger partial charge < -0.3 is 24.7 Å². The molecule has 0 radical (unpaired) electrons. The first-order chi connectivity index (χ1) is 14.8. The smallest absolute Gasteiger partial charge is 0.191 e. The van der Waals surface area contributed by atoms with Gasteiger partial charge in [-0.05, 0) is 30.5 Å². The fraction of sp³-hybridized carbons (Fsp3) is 0.571. The van der Waals surface area contributed by atoms with Crippen LogP contribution in [-0.2, 0) is 11.3 Å². The first-order valence-corrected chi connectivity index (χ1v) is 10.5. The molecule has 10 heteroatoms. The van der Waals surface area contributed by atoms with Crippen LogP contribution in [0.3, 0.4) is 0 Å². The van der Waals surface area contributed by atoms with Crippen molar-refractivity contribution >= 4 is 29.9 Å². The fourth-order valence-electron chi connectivity index (χ4n) is 3.55. The van der Waals surface area contributed by atoms with Crippen molar-refractivity contribution in [1.29, 1.82) is 0 Å². The lowest BCUT2D eigenvalue weighted by Crippen LogP contribution is -2.46. The molecule has 9 nitrogen and oxygen atoms in total. The fourth-order valence-corrected chi connectivity index (χ4v) is 3.55. The molecule has 172 valence electrons. The Hall–Kier alpha value is -1.92. The van der Waals surface area contributed by atoms with Gasteiger partial charge in [-0.2, -0.15) is 0 Å². The van der Waals surface area contributed by atoms with E-state index in [1.165, 1.54) is 5.56 Å². The minimum Gasteiger partial charge on any atom is -0.497 e. The largest absolute Gasteiger partial charge is 0.497 e. The Labute approximate surface area is 201 Å². The Morgan fingerprint density at radius 1 is 1.13 bits per heavy atom. The van der Waals surface area contributed by atoms with Gasteiger partial charge in [0.25, 0.3) is 0 Å². The Bertz CT molecular complexity index is 750. The number of ether oxygens (including phenoxy) is 2. The van der Waals surface area contributed by atoms with E-state index in [0.717, 1.165) is 70.5 Å². The molecular weight excluding hydrogens is 509 g/mol. The minimum atomic E-state index is 0. The van der Waals surface area contributed by atoms with Gasteiger partial charge in [0, 0.05) is 39.8 Å². The molecule has 1 aliphatic rings. The van der Waals surface area contributed by atoms with Crippen LogP contribution in [-0.4, -0.2) is 79.2 Å². The standard InChI is InChI=1S/C21H33N7O2.HI/c1-22-21(23-9-3-4-10-27-16-25-26-17-27)24-15-20(28-11-13-30-14-12-28)18-5-7-19(29-2)8-6-18;/h5-8,16-17,20H,3-4,9-15H2,1-2H3,(H2,22,23,24);1H. The van der Waals surface area contributed by atoms with Crippen molar-refractivity contribution in [3.63, 3.8) is 0 Å². The molecule has 0 aliphatic carbocycles. The monoisotopic (exact) mass is 543 g/mol. The lowest BCUT2D eigenvalue weighted by Gasteiger charge is -2.35. The van der Waals surface area contributed by atoms with Gasteiger partial charge in [0.1, 0.15) is 18.4 Å². The number of aryl methyl sites for hydroxylation is 1. The Morgan fingerprint density at radius 3 is 2.48 bits per heavy atom. The maximum atomic E-state index is 5.54. The predicted octanol–water partition coefficient (Wildman–Crippen LogP) is 1.92. The number of unbranched alkanes of at least 4 members (excludes halogenated alkanes) is 1. The van der Waals surface area contributed by atoms with Crippen LogP contribution in [0.1, 0.15) is 24.4 Å². The number of rotatable bonds is 10. The summed E-state index contributed by atoms with van der Waals surface area (Å²) in [5, 5.41) is 14.6. The second-order valence-corrected chi connectivity index (χ2v) is 7.22. The maximum absolute atomic E-state index is 5.54. The van der Waals surface area contributed by atoms with Crippen molar-refractivity contribution < 1.29 is 9.47 Å². The van der Waals surface area contributed by atoms with Gasteiger partial charge in [0.05, 0.1) is 26.4 Å². The van der Waals surface area contributed by atoms with Crippen molar-refractivity contribution in [2.24, 2.45) is 4.99 Å². The molecule has 1 aliphatic heterocycles. The highest BCUT2D eigenvalue weighted by Crippen LogP contribution is 2.23. The number of hydrogen-bond acceptors (Lipinski definition) is 6. The second-order valence-electron chi connectivity index (χ2n) is 7.22. The van der Waals surface area contributed by atoms with Gasteiger partial charge >= 0.3 is 0 Å². The molecule has 31 heavy (non-hydrogen) atoms. The van der Waals surface area contributed by atoms with Crippen LogP contribution in [0.15, 0.2) is 41.9 Å². The van der Waals surface area contributed by atoms with E-state index in [4.69, 9.17) is 9.47 Å². The number of nitrogens with zero attached hydrogens (tertiary/aromatic N) is 5. The summed E-state index contributed by atoms with van der Waals surface area (Å²) in [5.41, 5.74) is 1.26. The number of methoxy groups -OCH3 is 1. The molecule has 1 fully saturated rings. The van der Waals surface area contributed by atoms with Crippen molar-refractivity contribution in [3.8, 4) is 5.75 Å². The van der Waals surface area contributed by atoms with Gasteiger partial charge in [0.2, 0.25) is 0 Å². The van der Waals surface area contributed by atoms with Gasteiger partial charge in [-0.25, -0.2) is 0 Å². The zero-order chi connectivity index (χ0) is 21.0. The van der Waals surface area contributed by atoms with E-state index in [-0.39, 0.29) is 30.0 Å². The average molecular weight is 543 g/mol. The van der Waals surface area contributed by atoms with Crippen molar-refractivity contribution in [3.05, 3.63) is 42.5 Å². The van der Waals surface area contributed by atoms with Crippen LogP contribution in [0, 0.1) is 0 Å². The molecule has 0 bridgehead atoms. The van der Waals surface area contributed by atoms with E-state index >= 15 is 0 Å². The molecule has 2 aromatic rings. The molecule has 0 amide bonds. The highest BCUT2D eigenvalue weighted by molar-refractivity contribution is 14.0. The number of halogens is 1. The first-order valence-electron chi connectivity index (χ1n) is 10.5. The summed E-state index contributed by atoms with van der Waals surface area (Å²) < 4.78 is 12.9. The summed E-state index contributed by atoms with van der Waals surface area (Å²) in [5.74, 6) is 1.70. The Kier molecular flexibility index (Phi) is 11.6. The van der Waals surface area contributed by atoms with E-state index < -0.39 is 0 Å². The number of nitrogens with one attached hydrogen (secondary N) is 2. The summed E-state index contributed by atoms with van der Waals surface area (Å²) in [6.07, 6.45) is 5.60. The third-order valence-corrected chi connectivity index (χ3v) is 5.28. The summed E-state index contributed by atoms with van der Waals surface area (Å²) >= 11 is 0. The van der Waals surface area contributed by atoms with Gasteiger partial charge in [-0.3, -0.25) is 9.89 Å². The third kappa shape index (κ3) is 8.26. The summed E-state index contributed by atoms with van der Waals surface area (Å²) in [7, 11) is 3.50. The third-order valence-electron chi connectivity index (χ3n) is 5.28. The summed E-state index contributed by atoms with van der Waals surface area (Å²) in [4.78, 5) is 6.84. The highest BCUT2D eigenvalue weighted by Gasteiger charge is 2.23. The highest BCUT2D eigenvalue weighted by atomic mass is 127. The Balaban J connectivity index is 0.00000341. The van der Waals surface area contributed by atoms with Gasteiger partial charge in [-0.15, -0.1) is 34.2 Å². The molecule has 1 saturated heterocycles. The summed E-state index contributed by atoms with van der Waals surface area (Å²) in [6.45, 7) is 5.95. The van der Waals surface area contributed by atoms with Gasteiger partial charge in [-0.1, -0.05) is 12.1 Å². The van der Waals surface area contributed by atoms with Crippen LogP contribution in [0.25, 0.3) is 0 Å². The number of hydrogen-bond donors (Lipinski definition) is 2. The van der Waals surface area contributed by atoms with Crippen LogP contribution in [0.2, 0.25) is 0 Å². The lowest BCUT2D eigenvalue weighted by atomic mass is 10.0. The molecule has 2 N–H and O–H groups in total. The Morgan fingerprint density at radius 2 is 1.84 bits per heavy atom. The number of aliphatic imine (C=N–C) groups is 1. The van der Waals surface area contributed by atoms with E-state index in [1.807, 2.05) is 23.7 Å². The minimum absolute atomic E-state index is 0. The SMILES string of the molecule is CN=C(NCCCCn1cnnc1)NCC(c1ccc(OC)cc1)N1CCOCC1.I. The average Bonchev–Trinajstić information content (AvgIpc) is 3.32. The number of benzene rings is 1. The lowest BCUT2D eigenvalue weighted by molar-refractivity contribution is 0.0170. The number of morpholine rings is 1. The van der Waals surface area contributed by atoms with Gasteiger partial charge in [0.15, 0.2) is 5.96 Å². The molecule has 0 saturated carbocycles. The zero-order valence-electron chi connectivity index (χ0n) is 18.4. The van der Waals surface area contributed by atoms with E-state index in [1.54, 1.807) is 19.8 Å². The van der Waals surface area contributed by atoms with Crippen molar-refractivity contribution in [1.82, 2.24) is 30.3 Å². The molecule has 1 unspecified atom stereocenters. The number of guanidine groups is 1. The number of aromatic nitrogens is 3. The van der Waals surface area contributed by atoms with Crippen LogP contribution in [0.5, 0.6) is 5.75 Å². The van der Waals surface area contributed by atoms with E-state index in [9.17, 15) is 0 Å². The van der Waals surface area contributed by atoms with Crippen LogP contribution >= 0.6 is 24.0 Å². The van der Waals surface area contributed by atoms with Crippen molar-refractivity contribution in [2.75, 3.05) is 53.6 Å². The quantitative estimate of drug-likeness (QED) is 0.205. The molecule has 1 atom stereocenters. The van der Waals surface area contributed by atoms with Crippen LogP contribution < -0.4 is 15.4 Å². The predicted molar refractivity (Wildman–Crippen MR) is 132 cm³/mol. The zero-order valence-corrected chi connectivity index (χ0v) is 20.7. The normalized spacial score (nSPS) is 15.7. The second kappa shape index (κ2) is 14.2. The van der Waals surface area contributed by atoms with Crippen molar-refractivity contribution in [2.45, 2.75) is 25.4 Å². The molecular formula is C21H34IN7O2. The topological polar surface area (TPSA) is 88.8 Å². The van der Waals surface area contributed by atoms with E-state index in [0.29, 0.717) is 0 Å². The molecule has 0 spiro atoms. The molecule has 1 aromatic heterocycles. The molecule has 2 heterocycles. The maximum Gasteiger partial charge on any atom is 0.191 e. The molecule has 3 rings (SSSR count). The summed E-state index contributed by atoms with van der Waals surface area (Å²) in [6, 6.07) is 8.56. The molecule has 1 aromatic carbocycles.